The van der Waals surface area contributed by atoms with Crippen LogP contribution in [-0.4, -0.2) is 9.91 Å². The van der Waals surface area contributed by atoms with Crippen LogP contribution in [0, 0.1) is 10.1 Å². The molecule has 0 aliphatic carbocycles. The van der Waals surface area contributed by atoms with Gasteiger partial charge in [0.1, 0.15) is 5.82 Å². The number of non-ortho nitro benzene ring substituents is 1. The van der Waals surface area contributed by atoms with E-state index in [-0.39, 0.29) is 5.69 Å². The Morgan fingerprint density at radius 1 is 1.32 bits per heavy atom. The van der Waals surface area contributed by atoms with Gasteiger partial charge < -0.3 is 5.32 Å². The molecule has 0 unspecified atom stereocenters. The van der Waals surface area contributed by atoms with Gasteiger partial charge >= 0.3 is 0 Å². The minimum atomic E-state index is -0.434. The third kappa shape index (κ3) is 3.56. The highest BCUT2D eigenvalue weighted by atomic mass is 35.5. The lowest BCUT2D eigenvalue weighted by molar-refractivity contribution is -0.384. The van der Waals surface area contributed by atoms with Gasteiger partial charge in [-0.2, -0.15) is 0 Å². The Hall–Kier alpha value is -1.85. The quantitative estimate of drug-likeness (QED) is 0.686. The summed E-state index contributed by atoms with van der Waals surface area (Å²) in [6.07, 6.45) is 1.48. The van der Waals surface area contributed by atoms with Crippen molar-refractivity contribution in [2.75, 3.05) is 5.32 Å². The largest absolute Gasteiger partial charge is 0.365 e. The van der Waals surface area contributed by atoms with Crippen LogP contribution < -0.4 is 5.32 Å². The molecule has 0 fully saturated rings. The lowest BCUT2D eigenvalue weighted by Gasteiger charge is -2.07. The van der Waals surface area contributed by atoms with Crippen molar-refractivity contribution in [1.82, 2.24) is 4.98 Å². The van der Waals surface area contributed by atoms with Gasteiger partial charge in [0.25, 0.3) is 5.69 Å². The van der Waals surface area contributed by atoms with Crippen molar-refractivity contribution in [1.29, 1.82) is 0 Å². The fourth-order valence-corrected chi connectivity index (χ4v) is 1.96. The molecular weight excluding hydrogens is 289 g/mol. The average Bonchev–Trinajstić information content (AvgIpc) is 2.38. The zero-order valence-corrected chi connectivity index (χ0v) is 11.1. The molecule has 5 nitrogen and oxygen atoms in total. The maximum atomic E-state index is 10.7. The standard InChI is InChI=1S/C12H9Cl2N3O2/c13-9-5-11(14)12(16-7-9)15-6-8-2-1-3-10(4-8)17(18)19/h1-5,7H,6H2,(H,15,16). The summed E-state index contributed by atoms with van der Waals surface area (Å²) in [6, 6.07) is 7.93. The molecule has 0 atom stereocenters. The highest BCUT2D eigenvalue weighted by Crippen LogP contribution is 2.23. The minimum Gasteiger partial charge on any atom is -0.365 e. The molecule has 1 aromatic heterocycles. The number of nitrogens with one attached hydrogen (secondary N) is 1. The van der Waals surface area contributed by atoms with Crippen LogP contribution in [0.3, 0.4) is 0 Å². The number of pyridine rings is 1. The van der Waals surface area contributed by atoms with E-state index < -0.39 is 4.92 Å². The first-order chi connectivity index (χ1) is 9.06. The van der Waals surface area contributed by atoms with E-state index >= 15 is 0 Å². The Morgan fingerprint density at radius 3 is 2.79 bits per heavy atom. The Bertz CT molecular complexity index is 620. The van der Waals surface area contributed by atoms with Crippen molar-refractivity contribution < 1.29 is 4.92 Å². The topological polar surface area (TPSA) is 68.1 Å². The summed E-state index contributed by atoms with van der Waals surface area (Å²) in [4.78, 5) is 14.3. The van der Waals surface area contributed by atoms with Gasteiger partial charge in [0.05, 0.1) is 15.0 Å². The van der Waals surface area contributed by atoms with E-state index in [1.54, 1.807) is 18.2 Å². The number of hydrogen-bond donors (Lipinski definition) is 1. The van der Waals surface area contributed by atoms with Crippen LogP contribution in [0.2, 0.25) is 10.0 Å². The normalized spacial score (nSPS) is 10.2. The van der Waals surface area contributed by atoms with Crippen LogP contribution >= 0.6 is 23.2 Å². The molecule has 0 saturated carbocycles. The number of nitro benzene ring substituents is 1. The molecule has 2 rings (SSSR count). The lowest BCUT2D eigenvalue weighted by Crippen LogP contribution is -2.02. The van der Waals surface area contributed by atoms with Crippen molar-refractivity contribution in [3.05, 3.63) is 62.3 Å². The van der Waals surface area contributed by atoms with E-state index in [4.69, 9.17) is 23.2 Å². The van der Waals surface area contributed by atoms with Gasteiger partial charge in [0.2, 0.25) is 0 Å². The Labute approximate surface area is 119 Å². The zero-order chi connectivity index (χ0) is 13.8. The van der Waals surface area contributed by atoms with Crippen molar-refractivity contribution in [2.24, 2.45) is 0 Å². The van der Waals surface area contributed by atoms with Crippen molar-refractivity contribution in [2.45, 2.75) is 6.54 Å². The van der Waals surface area contributed by atoms with Gasteiger partial charge in [-0.25, -0.2) is 4.98 Å². The molecule has 0 aliphatic rings. The molecule has 0 aliphatic heterocycles. The SMILES string of the molecule is O=[N+]([O-])c1cccc(CNc2ncc(Cl)cc2Cl)c1. The molecule has 1 heterocycles. The number of halogens is 2. The van der Waals surface area contributed by atoms with Gasteiger partial charge in [-0.1, -0.05) is 35.3 Å². The molecule has 7 heteroatoms. The van der Waals surface area contributed by atoms with E-state index in [1.807, 2.05) is 0 Å². The number of anilines is 1. The minimum absolute atomic E-state index is 0.0504. The van der Waals surface area contributed by atoms with Crippen LogP contribution in [0.25, 0.3) is 0 Å². The average molecular weight is 298 g/mol. The van der Waals surface area contributed by atoms with E-state index in [2.05, 4.69) is 10.3 Å². The second kappa shape index (κ2) is 5.86. The summed E-state index contributed by atoms with van der Waals surface area (Å²) in [6.45, 7) is 0.385. The van der Waals surface area contributed by atoms with Crippen LogP contribution in [0.5, 0.6) is 0 Å². The predicted octanol–water partition coefficient (Wildman–Crippen LogP) is 3.91. The van der Waals surface area contributed by atoms with Crippen LogP contribution in [-0.2, 0) is 6.54 Å². The fraction of sp³-hybridized carbons (Fsp3) is 0.0833. The van der Waals surface area contributed by atoms with E-state index in [0.717, 1.165) is 5.56 Å². The maximum Gasteiger partial charge on any atom is 0.269 e. The molecule has 0 bridgehead atoms. The smallest absolute Gasteiger partial charge is 0.269 e. The Kier molecular flexibility index (Phi) is 4.19. The fourth-order valence-electron chi connectivity index (χ4n) is 1.51. The molecule has 19 heavy (non-hydrogen) atoms. The number of benzene rings is 1. The van der Waals surface area contributed by atoms with E-state index in [1.165, 1.54) is 18.3 Å². The number of aromatic nitrogens is 1. The first kappa shape index (κ1) is 13.6. The molecule has 1 N–H and O–H groups in total. The third-order valence-corrected chi connectivity index (χ3v) is 2.88. The molecule has 0 spiro atoms. The molecular formula is C12H9Cl2N3O2. The van der Waals surface area contributed by atoms with Gasteiger partial charge in [-0.15, -0.1) is 0 Å². The molecule has 0 saturated heterocycles. The number of nitrogens with zero attached hydrogens (tertiary/aromatic N) is 2. The monoisotopic (exact) mass is 297 g/mol. The van der Waals surface area contributed by atoms with Gasteiger partial charge in [0, 0.05) is 24.9 Å². The molecule has 0 radical (unpaired) electrons. The summed E-state index contributed by atoms with van der Waals surface area (Å²) in [7, 11) is 0. The van der Waals surface area contributed by atoms with Crippen LogP contribution in [0.1, 0.15) is 5.56 Å². The van der Waals surface area contributed by atoms with Crippen molar-refractivity contribution in [3.8, 4) is 0 Å². The summed E-state index contributed by atoms with van der Waals surface area (Å²) < 4.78 is 0. The van der Waals surface area contributed by atoms with E-state index in [0.29, 0.717) is 22.4 Å². The van der Waals surface area contributed by atoms with Crippen molar-refractivity contribution >= 4 is 34.7 Å². The van der Waals surface area contributed by atoms with Crippen LogP contribution in [0.15, 0.2) is 36.5 Å². The number of nitro groups is 1. The second-order valence-electron chi connectivity index (χ2n) is 3.76. The Balaban J connectivity index is 2.10. The first-order valence-electron chi connectivity index (χ1n) is 5.34. The highest BCUT2D eigenvalue weighted by Gasteiger charge is 2.07. The summed E-state index contributed by atoms with van der Waals surface area (Å²) in [5.41, 5.74) is 0.816. The predicted molar refractivity (Wildman–Crippen MR) is 74.7 cm³/mol. The zero-order valence-electron chi connectivity index (χ0n) is 9.64. The maximum absolute atomic E-state index is 10.7. The van der Waals surface area contributed by atoms with Gasteiger partial charge in [-0.05, 0) is 11.6 Å². The highest BCUT2D eigenvalue weighted by molar-refractivity contribution is 6.35. The lowest BCUT2D eigenvalue weighted by atomic mass is 10.2. The van der Waals surface area contributed by atoms with Gasteiger partial charge in [0.15, 0.2) is 0 Å². The molecule has 0 amide bonds. The number of hydrogen-bond acceptors (Lipinski definition) is 4. The Morgan fingerprint density at radius 2 is 2.11 bits per heavy atom. The first-order valence-corrected chi connectivity index (χ1v) is 6.10. The summed E-state index contributed by atoms with van der Waals surface area (Å²) in [5, 5.41) is 14.5. The third-order valence-electron chi connectivity index (χ3n) is 2.39. The molecule has 98 valence electrons. The molecule has 1 aromatic carbocycles. The van der Waals surface area contributed by atoms with Crippen LogP contribution in [0.4, 0.5) is 11.5 Å². The summed E-state index contributed by atoms with van der Waals surface area (Å²) >= 11 is 11.7. The van der Waals surface area contributed by atoms with E-state index in [9.17, 15) is 10.1 Å². The second-order valence-corrected chi connectivity index (χ2v) is 4.61. The summed E-state index contributed by atoms with van der Waals surface area (Å²) in [5.74, 6) is 0.484. The van der Waals surface area contributed by atoms with Crippen molar-refractivity contribution in [3.63, 3.8) is 0 Å². The number of rotatable bonds is 4. The van der Waals surface area contributed by atoms with Gasteiger partial charge in [-0.3, -0.25) is 10.1 Å². The molecule has 2 aromatic rings.